The molecule has 4 rings (SSSR count). The molecule has 1 fully saturated rings. The fourth-order valence-electron chi connectivity index (χ4n) is 4.08. The van der Waals surface area contributed by atoms with Crippen LogP contribution in [0.2, 0.25) is 10.0 Å². The number of benzene rings is 2. The fraction of sp³-hybridized carbons (Fsp3) is 0.348. The number of anilines is 2. The highest BCUT2D eigenvalue weighted by molar-refractivity contribution is 6.42. The Morgan fingerprint density at radius 1 is 1.06 bits per heavy atom. The van der Waals surface area contributed by atoms with Gasteiger partial charge in [0.2, 0.25) is 5.95 Å². The van der Waals surface area contributed by atoms with Gasteiger partial charge >= 0.3 is 0 Å². The van der Waals surface area contributed by atoms with Gasteiger partial charge in [-0.05, 0) is 43.2 Å². The minimum atomic E-state index is -0.294. The molecule has 2 N–H and O–H groups in total. The van der Waals surface area contributed by atoms with Crippen molar-refractivity contribution in [2.24, 2.45) is 0 Å². The number of carbonyl (C=O) groups is 1. The Morgan fingerprint density at radius 3 is 2.52 bits per heavy atom. The molecule has 0 spiro atoms. The number of carbonyl (C=O) groups excluding carboxylic acids is 1. The Hall–Kier alpha value is -2.57. The summed E-state index contributed by atoms with van der Waals surface area (Å²) in [5.41, 5.74) is 1.08. The van der Waals surface area contributed by atoms with Gasteiger partial charge in [-0.1, -0.05) is 48.2 Å². The lowest BCUT2D eigenvalue weighted by Crippen LogP contribution is -2.47. The number of fused-ring (bicyclic) bond motifs is 1. The molecular weight excluding hydrogens is 433 g/mol. The molecule has 1 heterocycles. The van der Waals surface area contributed by atoms with E-state index in [0.717, 1.165) is 42.4 Å². The molecule has 1 aliphatic rings. The second-order valence-electron chi connectivity index (χ2n) is 8.21. The molecule has 0 bridgehead atoms. The van der Waals surface area contributed by atoms with Crippen LogP contribution in [0.5, 0.6) is 0 Å². The molecule has 1 aromatic heterocycles. The first-order chi connectivity index (χ1) is 14.9. The van der Waals surface area contributed by atoms with Gasteiger partial charge in [-0.2, -0.15) is 4.98 Å². The van der Waals surface area contributed by atoms with Crippen molar-refractivity contribution in [2.45, 2.75) is 31.2 Å². The highest BCUT2D eigenvalue weighted by atomic mass is 35.5. The van der Waals surface area contributed by atoms with Gasteiger partial charge in [0.05, 0.1) is 21.1 Å². The number of halogens is 2. The van der Waals surface area contributed by atoms with E-state index < -0.39 is 0 Å². The Morgan fingerprint density at radius 2 is 1.81 bits per heavy atom. The molecule has 1 saturated carbocycles. The maximum absolute atomic E-state index is 12.7. The minimum absolute atomic E-state index is 0.181. The maximum atomic E-state index is 12.7. The van der Waals surface area contributed by atoms with Crippen LogP contribution in [0.3, 0.4) is 0 Å². The average molecular weight is 458 g/mol. The third kappa shape index (κ3) is 4.70. The number of hydrogen-bond acceptors (Lipinski definition) is 5. The summed E-state index contributed by atoms with van der Waals surface area (Å²) in [6, 6.07) is 12.9. The van der Waals surface area contributed by atoms with Crippen LogP contribution in [-0.4, -0.2) is 42.1 Å². The van der Waals surface area contributed by atoms with Crippen LogP contribution in [0, 0.1) is 0 Å². The van der Waals surface area contributed by atoms with E-state index in [4.69, 9.17) is 33.2 Å². The summed E-state index contributed by atoms with van der Waals surface area (Å²) in [5.74, 6) is 1.26. The van der Waals surface area contributed by atoms with E-state index in [9.17, 15) is 4.79 Å². The second kappa shape index (κ2) is 8.89. The molecule has 162 valence electrons. The van der Waals surface area contributed by atoms with Gasteiger partial charge in [-0.15, -0.1) is 0 Å². The summed E-state index contributed by atoms with van der Waals surface area (Å²) in [7, 11) is 3.95. The largest absolute Gasteiger partial charge is 0.362 e. The quantitative estimate of drug-likeness (QED) is 0.534. The van der Waals surface area contributed by atoms with Gasteiger partial charge in [-0.3, -0.25) is 4.79 Å². The zero-order valence-corrected chi connectivity index (χ0v) is 19.1. The standard InChI is InChI=1S/C23H25Cl2N5O/c1-30(2)20-16-7-3-4-8-19(16)27-22(28-20)29-23(11-5-6-12-23)14-26-21(31)15-9-10-17(24)18(25)13-15/h3-4,7-10,13H,5-6,11-12,14H2,1-2H3,(H,26,31)(H,27,28,29). The number of hydrogen-bond donors (Lipinski definition) is 2. The first kappa shape index (κ1) is 21.7. The zero-order valence-electron chi connectivity index (χ0n) is 17.6. The molecule has 0 unspecified atom stereocenters. The van der Waals surface area contributed by atoms with E-state index in [0.29, 0.717) is 28.1 Å². The van der Waals surface area contributed by atoms with E-state index in [1.54, 1.807) is 18.2 Å². The SMILES string of the molecule is CN(C)c1nc(NC2(CNC(=O)c3ccc(Cl)c(Cl)c3)CCCC2)nc2ccccc12. The average Bonchev–Trinajstić information content (AvgIpc) is 3.22. The predicted octanol–water partition coefficient (Wildman–Crippen LogP) is 5.16. The Balaban J connectivity index is 1.56. The lowest BCUT2D eigenvalue weighted by atomic mass is 9.97. The van der Waals surface area contributed by atoms with Crippen LogP contribution >= 0.6 is 23.2 Å². The van der Waals surface area contributed by atoms with Crippen molar-refractivity contribution in [3.63, 3.8) is 0 Å². The van der Waals surface area contributed by atoms with Crippen molar-refractivity contribution in [3.8, 4) is 0 Å². The molecule has 6 nitrogen and oxygen atoms in total. The van der Waals surface area contributed by atoms with Crippen LogP contribution in [0.1, 0.15) is 36.0 Å². The fourth-order valence-corrected chi connectivity index (χ4v) is 4.38. The number of rotatable bonds is 6. The Kier molecular flexibility index (Phi) is 6.21. The summed E-state index contributed by atoms with van der Waals surface area (Å²) >= 11 is 12.0. The van der Waals surface area contributed by atoms with Crippen LogP contribution < -0.4 is 15.5 Å². The Labute approximate surface area is 192 Å². The van der Waals surface area contributed by atoms with Crippen molar-refractivity contribution in [1.29, 1.82) is 0 Å². The molecule has 1 aliphatic carbocycles. The molecule has 2 aromatic carbocycles. The van der Waals surface area contributed by atoms with E-state index in [1.165, 1.54) is 0 Å². The van der Waals surface area contributed by atoms with Gasteiger partial charge < -0.3 is 15.5 Å². The number of nitrogens with one attached hydrogen (secondary N) is 2. The van der Waals surface area contributed by atoms with Crippen molar-refractivity contribution >= 4 is 51.8 Å². The van der Waals surface area contributed by atoms with Gasteiger partial charge in [0.15, 0.2) is 0 Å². The van der Waals surface area contributed by atoms with Crippen molar-refractivity contribution in [3.05, 3.63) is 58.1 Å². The van der Waals surface area contributed by atoms with Gasteiger partial charge in [-0.25, -0.2) is 4.98 Å². The van der Waals surface area contributed by atoms with Crippen LogP contribution in [0.15, 0.2) is 42.5 Å². The molecule has 8 heteroatoms. The zero-order chi connectivity index (χ0) is 22.0. The summed E-state index contributed by atoms with van der Waals surface area (Å²) in [4.78, 5) is 24.2. The molecule has 3 aromatic rings. The highest BCUT2D eigenvalue weighted by Gasteiger charge is 2.35. The summed E-state index contributed by atoms with van der Waals surface area (Å²) in [6.07, 6.45) is 4.04. The van der Waals surface area contributed by atoms with Crippen LogP contribution in [0.25, 0.3) is 10.9 Å². The van der Waals surface area contributed by atoms with Crippen molar-refractivity contribution < 1.29 is 4.79 Å². The number of amides is 1. The summed E-state index contributed by atoms with van der Waals surface area (Å²) in [5, 5.41) is 8.41. The Bertz CT molecular complexity index is 1110. The molecular formula is C23H25Cl2N5O. The first-order valence-electron chi connectivity index (χ1n) is 10.3. The van der Waals surface area contributed by atoms with Crippen LogP contribution in [-0.2, 0) is 0 Å². The molecule has 0 radical (unpaired) electrons. The number of aromatic nitrogens is 2. The van der Waals surface area contributed by atoms with E-state index >= 15 is 0 Å². The predicted molar refractivity (Wildman–Crippen MR) is 127 cm³/mol. The normalized spacial score (nSPS) is 15.1. The molecule has 0 aliphatic heterocycles. The highest BCUT2D eigenvalue weighted by Crippen LogP contribution is 2.33. The number of nitrogens with zero attached hydrogens (tertiary/aromatic N) is 3. The first-order valence-corrected chi connectivity index (χ1v) is 11.1. The van der Waals surface area contributed by atoms with Gasteiger partial charge in [0.1, 0.15) is 5.82 Å². The van der Waals surface area contributed by atoms with Gasteiger partial charge in [0.25, 0.3) is 5.91 Å². The number of para-hydroxylation sites is 1. The molecule has 1 amide bonds. The molecule has 0 atom stereocenters. The van der Waals surface area contributed by atoms with E-state index in [-0.39, 0.29) is 11.4 Å². The minimum Gasteiger partial charge on any atom is -0.362 e. The summed E-state index contributed by atoms with van der Waals surface area (Å²) in [6.45, 7) is 0.472. The van der Waals surface area contributed by atoms with Crippen molar-refractivity contribution in [2.75, 3.05) is 30.9 Å². The summed E-state index contributed by atoms with van der Waals surface area (Å²) < 4.78 is 0. The monoisotopic (exact) mass is 457 g/mol. The van der Waals surface area contributed by atoms with Gasteiger partial charge in [0, 0.05) is 31.6 Å². The van der Waals surface area contributed by atoms with Crippen molar-refractivity contribution in [1.82, 2.24) is 15.3 Å². The second-order valence-corrected chi connectivity index (χ2v) is 9.02. The topological polar surface area (TPSA) is 70.2 Å². The third-order valence-corrected chi connectivity index (χ3v) is 6.45. The molecule has 31 heavy (non-hydrogen) atoms. The van der Waals surface area contributed by atoms with E-state index in [1.807, 2.05) is 43.3 Å². The van der Waals surface area contributed by atoms with Crippen LogP contribution in [0.4, 0.5) is 11.8 Å². The smallest absolute Gasteiger partial charge is 0.251 e. The third-order valence-electron chi connectivity index (χ3n) is 5.71. The van der Waals surface area contributed by atoms with E-state index in [2.05, 4.69) is 10.6 Å². The maximum Gasteiger partial charge on any atom is 0.251 e. The molecule has 0 saturated heterocycles. The lowest BCUT2D eigenvalue weighted by molar-refractivity contribution is 0.0945. The lowest BCUT2D eigenvalue weighted by Gasteiger charge is -2.31.